The maximum atomic E-state index is 13.2. The van der Waals surface area contributed by atoms with Crippen molar-refractivity contribution in [1.82, 2.24) is 15.6 Å². The van der Waals surface area contributed by atoms with E-state index in [0.29, 0.717) is 22.3 Å². The second-order valence-corrected chi connectivity index (χ2v) is 8.86. The zero-order chi connectivity index (χ0) is 25.2. The van der Waals surface area contributed by atoms with E-state index in [1.165, 1.54) is 0 Å². The molecule has 10 nitrogen and oxygen atoms in total. The Morgan fingerprint density at radius 3 is 2.21 bits per heavy atom. The van der Waals surface area contributed by atoms with E-state index in [4.69, 9.17) is 18.8 Å². The highest BCUT2D eigenvalue weighted by atomic mass is 16.7. The van der Waals surface area contributed by atoms with Crippen LogP contribution in [0.2, 0.25) is 0 Å². The van der Waals surface area contributed by atoms with Crippen LogP contribution in [0.15, 0.2) is 45.4 Å². The summed E-state index contributed by atoms with van der Waals surface area (Å²) >= 11 is 0. The number of aliphatic carboxylic acids is 1. The van der Waals surface area contributed by atoms with Gasteiger partial charge in [-0.1, -0.05) is 12.1 Å². The van der Waals surface area contributed by atoms with E-state index in [1.807, 2.05) is 27.7 Å². The van der Waals surface area contributed by atoms with Gasteiger partial charge in [0.15, 0.2) is 6.29 Å². The number of allylic oxidation sites excluding steroid dienone is 1. The van der Waals surface area contributed by atoms with Gasteiger partial charge >= 0.3 is 11.9 Å². The van der Waals surface area contributed by atoms with E-state index in [-0.39, 0.29) is 29.1 Å². The second-order valence-electron chi connectivity index (χ2n) is 8.86. The van der Waals surface area contributed by atoms with Gasteiger partial charge in [0.2, 0.25) is 0 Å². The van der Waals surface area contributed by atoms with Crippen LogP contribution in [0, 0.1) is 0 Å². The van der Waals surface area contributed by atoms with Crippen LogP contribution in [-0.4, -0.2) is 52.0 Å². The van der Waals surface area contributed by atoms with Gasteiger partial charge < -0.3 is 24.6 Å². The van der Waals surface area contributed by atoms with Gasteiger partial charge in [-0.15, -0.1) is 0 Å². The number of carbonyl (C=O) groups excluding carboxylic acids is 1. The summed E-state index contributed by atoms with van der Waals surface area (Å²) in [5.41, 5.74) is 1.89. The fraction of sp³-hybridized carbons (Fsp3) is 0.500. The number of fused-ring (bicyclic) bond motifs is 1. The summed E-state index contributed by atoms with van der Waals surface area (Å²) in [5.74, 6) is -2.92. The molecule has 0 bridgehead atoms. The molecule has 2 heterocycles. The highest BCUT2D eigenvalue weighted by Crippen LogP contribution is 2.42. The van der Waals surface area contributed by atoms with Crippen LogP contribution in [0.5, 0.6) is 0 Å². The number of hydrogen-bond acceptors (Lipinski definition) is 9. The molecule has 2 N–H and O–H groups in total. The van der Waals surface area contributed by atoms with Crippen LogP contribution < -0.4 is 5.32 Å². The Morgan fingerprint density at radius 2 is 1.65 bits per heavy atom. The van der Waals surface area contributed by atoms with Gasteiger partial charge in [-0.25, -0.2) is 14.2 Å². The first-order valence-corrected chi connectivity index (χ1v) is 11.2. The van der Waals surface area contributed by atoms with Crippen molar-refractivity contribution in [1.29, 1.82) is 0 Å². The summed E-state index contributed by atoms with van der Waals surface area (Å²) < 4.78 is 22.3. The van der Waals surface area contributed by atoms with Crippen LogP contribution in [0.1, 0.15) is 59.9 Å². The molecule has 0 fully saturated rings. The SMILES string of the molecule is CC1=C(C(=O)OC(C)C)C(c2cccc3nonc23)C(C(=O)O)=C(C(OC(C)C)OC(C)C)N1. The molecule has 10 heteroatoms. The number of esters is 1. The normalized spacial score (nSPS) is 16.9. The monoisotopic (exact) mass is 473 g/mol. The Kier molecular flexibility index (Phi) is 7.73. The Labute approximate surface area is 197 Å². The first-order valence-electron chi connectivity index (χ1n) is 11.2. The zero-order valence-electron chi connectivity index (χ0n) is 20.4. The number of benzene rings is 1. The lowest BCUT2D eigenvalue weighted by Gasteiger charge is -2.35. The number of dihydropyridines is 1. The molecule has 1 aliphatic rings. The molecule has 34 heavy (non-hydrogen) atoms. The number of carboxylic acid groups (broad SMARTS) is 1. The van der Waals surface area contributed by atoms with Gasteiger partial charge in [0.05, 0.1) is 41.1 Å². The maximum absolute atomic E-state index is 13.2. The molecule has 1 atom stereocenters. The number of nitrogens with zero attached hydrogens (tertiary/aromatic N) is 2. The largest absolute Gasteiger partial charge is 0.478 e. The molecule has 3 rings (SSSR count). The van der Waals surface area contributed by atoms with Crippen LogP contribution in [0.4, 0.5) is 0 Å². The van der Waals surface area contributed by atoms with E-state index < -0.39 is 30.3 Å². The van der Waals surface area contributed by atoms with Crippen molar-refractivity contribution in [3.63, 3.8) is 0 Å². The third-order valence-corrected chi connectivity index (χ3v) is 5.04. The van der Waals surface area contributed by atoms with Crippen molar-refractivity contribution >= 4 is 23.0 Å². The van der Waals surface area contributed by atoms with Gasteiger partial charge in [-0.2, -0.15) is 0 Å². The standard InChI is InChI=1S/C24H31N3O7/c1-11(2)31-23(30)17-14(7)25-21(24(32-12(3)4)33-13(5)6)19(22(28)29)18(17)15-9-8-10-16-20(15)27-34-26-16/h8-13,18,24-25H,1-7H3,(H,28,29). The third-order valence-electron chi connectivity index (χ3n) is 5.04. The maximum Gasteiger partial charge on any atom is 0.337 e. The Bertz CT molecular complexity index is 1120. The minimum Gasteiger partial charge on any atom is -0.478 e. The zero-order valence-corrected chi connectivity index (χ0v) is 20.4. The number of carboxylic acids is 1. The van der Waals surface area contributed by atoms with Gasteiger partial charge in [-0.3, -0.25) is 0 Å². The summed E-state index contributed by atoms with van der Waals surface area (Å²) in [4.78, 5) is 26.0. The fourth-order valence-corrected chi connectivity index (χ4v) is 3.86. The van der Waals surface area contributed by atoms with Crippen LogP contribution >= 0.6 is 0 Å². The average Bonchev–Trinajstić information content (AvgIpc) is 3.19. The van der Waals surface area contributed by atoms with Gasteiger partial charge in [0, 0.05) is 5.70 Å². The number of ether oxygens (including phenoxy) is 3. The molecule has 2 aromatic rings. The molecule has 0 aliphatic carbocycles. The Balaban J connectivity index is 2.31. The molecule has 0 saturated carbocycles. The third kappa shape index (κ3) is 5.28. The van der Waals surface area contributed by atoms with Crippen molar-refractivity contribution in [2.45, 2.75) is 79.0 Å². The molecule has 0 amide bonds. The molecule has 1 aliphatic heterocycles. The minimum absolute atomic E-state index is 0.108. The molecular weight excluding hydrogens is 442 g/mol. The molecule has 1 unspecified atom stereocenters. The van der Waals surface area contributed by atoms with E-state index in [1.54, 1.807) is 39.0 Å². The molecule has 1 aromatic carbocycles. The lowest BCUT2D eigenvalue weighted by molar-refractivity contribution is -0.163. The van der Waals surface area contributed by atoms with Crippen LogP contribution in [0.3, 0.4) is 0 Å². The summed E-state index contributed by atoms with van der Waals surface area (Å²) in [6, 6.07) is 5.09. The molecule has 0 radical (unpaired) electrons. The summed E-state index contributed by atoms with van der Waals surface area (Å²) in [7, 11) is 0. The minimum atomic E-state index is -1.24. The average molecular weight is 474 g/mol. The van der Waals surface area contributed by atoms with Crippen LogP contribution in [0.25, 0.3) is 11.0 Å². The number of carbonyl (C=O) groups is 2. The lowest BCUT2D eigenvalue weighted by Crippen LogP contribution is -2.40. The molecule has 184 valence electrons. The number of aromatic nitrogens is 2. The number of nitrogens with one attached hydrogen (secondary N) is 1. The van der Waals surface area contributed by atoms with Gasteiger partial charge in [0.1, 0.15) is 11.0 Å². The highest BCUT2D eigenvalue weighted by Gasteiger charge is 2.42. The smallest absolute Gasteiger partial charge is 0.337 e. The van der Waals surface area contributed by atoms with Crippen molar-refractivity contribution in [2.24, 2.45) is 0 Å². The van der Waals surface area contributed by atoms with Crippen molar-refractivity contribution in [3.8, 4) is 0 Å². The lowest BCUT2D eigenvalue weighted by atomic mass is 9.79. The number of rotatable bonds is 9. The fourth-order valence-electron chi connectivity index (χ4n) is 3.86. The van der Waals surface area contributed by atoms with Crippen LogP contribution in [-0.2, 0) is 23.8 Å². The Hall–Kier alpha value is -3.24. The van der Waals surface area contributed by atoms with E-state index in [9.17, 15) is 14.7 Å². The summed E-state index contributed by atoms with van der Waals surface area (Å²) in [5, 5.41) is 21.3. The Morgan fingerprint density at radius 1 is 1.00 bits per heavy atom. The van der Waals surface area contributed by atoms with Crippen molar-refractivity contribution in [2.75, 3.05) is 0 Å². The summed E-state index contributed by atoms with van der Waals surface area (Å²) in [6.45, 7) is 12.4. The highest BCUT2D eigenvalue weighted by molar-refractivity contribution is 6.00. The van der Waals surface area contributed by atoms with E-state index in [0.717, 1.165) is 0 Å². The second kappa shape index (κ2) is 10.4. The molecule has 0 saturated heterocycles. The first kappa shape index (κ1) is 25.4. The van der Waals surface area contributed by atoms with Gasteiger partial charge in [-0.05, 0) is 70.4 Å². The quantitative estimate of drug-likeness (QED) is 0.411. The molecule has 0 spiro atoms. The predicted molar refractivity (Wildman–Crippen MR) is 123 cm³/mol. The van der Waals surface area contributed by atoms with E-state index >= 15 is 0 Å². The predicted octanol–water partition coefficient (Wildman–Crippen LogP) is 3.65. The number of hydrogen-bond donors (Lipinski definition) is 2. The van der Waals surface area contributed by atoms with Crippen molar-refractivity contribution in [3.05, 3.63) is 46.3 Å². The topological polar surface area (TPSA) is 133 Å². The van der Waals surface area contributed by atoms with Gasteiger partial charge in [0.25, 0.3) is 0 Å². The first-order chi connectivity index (χ1) is 16.0. The van der Waals surface area contributed by atoms with Crippen molar-refractivity contribution < 1.29 is 33.5 Å². The summed E-state index contributed by atoms with van der Waals surface area (Å²) in [6.07, 6.45) is -1.93. The molecular formula is C24H31N3O7. The van der Waals surface area contributed by atoms with E-state index in [2.05, 4.69) is 15.6 Å². The molecule has 1 aromatic heterocycles.